The summed E-state index contributed by atoms with van der Waals surface area (Å²) in [6.45, 7) is 8.56. The second kappa shape index (κ2) is 4.59. The molecule has 2 nitrogen and oxygen atoms in total. The average Bonchev–Trinajstić information content (AvgIpc) is 2.73. The molecule has 0 aromatic carbocycles. The lowest BCUT2D eigenvalue weighted by Crippen LogP contribution is -2.45. The first kappa shape index (κ1) is 13.1. The summed E-state index contributed by atoms with van der Waals surface area (Å²) in [6.07, 6.45) is 9.10. The zero-order valence-electron chi connectivity index (χ0n) is 12.4. The van der Waals surface area contributed by atoms with Crippen LogP contribution in [0.15, 0.2) is 24.5 Å². The Kier molecular flexibility index (Phi) is 3.17. The van der Waals surface area contributed by atoms with Crippen molar-refractivity contribution >= 4 is 0 Å². The number of rotatable bonds is 4. The number of nitrogens with zero attached hydrogens (tertiary/aromatic N) is 1. The van der Waals surface area contributed by atoms with Crippen LogP contribution in [0, 0.1) is 16.7 Å². The van der Waals surface area contributed by atoms with Crippen LogP contribution in [0.2, 0.25) is 0 Å². The highest BCUT2D eigenvalue weighted by molar-refractivity contribution is 5.14. The number of pyridine rings is 1. The molecule has 2 fully saturated rings. The second-order valence-corrected chi connectivity index (χ2v) is 7.22. The minimum absolute atomic E-state index is 0.496. The molecule has 2 bridgehead atoms. The Morgan fingerprint density at radius 1 is 1.26 bits per heavy atom. The van der Waals surface area contributed by atoms with E-state index < -0.39 is 0 Å². The molecule has 0 spiro atoms. The Bertz CT molecular complexity index is 440. The molecule has 104 valence electrons. The van der Waals surface area contributed by atoms with Crippen molar-refractivity contribution in [3.63, 3.8) is 0 Å². The maximum absolute atomic E-state index is 4.07. The third kappa shape index (κ3) is 2.01. The Morgan fingerprint density at radius 2 is 2.00 bits per heavy atom. The van der Waals surface area contributed by atoms with Crippen LogP contribution in [0.1, 0.15) is 45.6 Å². The molecule has 0 saturated heterocycles. The lowest BCUT2D eigenvalue weighted by Gasteiger charge is -2.39. The van der Waals surface area contributed by atoms with Crippen molar-refractivity contribution < 1.29 is 0 Å². The molecule has 0 aliphatic heterocycles. The van der Waals surface area contributed by atoms with E-state index in [2.05, 4.69) is 43.2 Å². The third-order valence-corrected chi connectivity index (χ3v) is 6.35. The molecule has 1 aromatic rings. The first-order valence-electron chi connectivity index (χ1n) is 7.66. The Balaban J connectivity index is 1.58. The molecule has 1 N–H and O–H groups in total. The second-order valence-electron chi connectivity index (χ2n) is 7.22. The number of hydrogen-bond acceptors (Lipinski definition) is 2. The molecule has 3 rings (SSSR count). The van der Waals surface area contributed by atoms with Crippen LogP contribution in [-0.2, 0) is 6.42 Å². The molecular weight excluding hydrogens is 232 g/mol. The number of fused-ring (bicyclic) bond motifs is 2. The minimum Gasteiger partial charge on any atom is -0.313 e. The van der Waals surface area contributed by atoms with Gasteiger partial charge in [0.15, 0.2) is 0 Å². The van der Waals surface area contributed by atoms with Gasteiger partial charge in [-0.2, -0.15) is 0 Å². The van der Waals surface area contributed by atoms with Crippen molar-refractivity contribution in [2.24, 2.45) is 16.7 Å². The summed E-state index contributed by atoms with van der Waals surface area (Å²) in [4.78, 5) is 4.07. The molecule has 3 unspecified atom stereocenters. The van der Waals surface area contributed by atoms with Crippen molar-refractivity contribution in [1.29, 1.82) is 0 Å². The summed E-state index contributed by atoms with van der Waals surface area (Å²) in [5.41, 5.74) is 2.40. The molecular formula is C17H26N2. The highest BCUT2D eigenvalue weighted by Crippen LogP contribution is 2.65. The first-order chi connectivity index (χ1) is 9.04. The van der Waals surface area contributed by atoms with Gasteiger partial charge in [0.05, 0.1) is 0 Å². The predicted octanol–water partition coefficient (Wildman–Crippen LogP) is 3.43. The van der Waals surface area contributed by atoms with Crippen molar-refractivity contribution in [2.75, 3.05) is 6.54 Å². The van der Waals surface area contributed by atoms with Crippen molar-refractivity contribution in [1.82, 2.24) is 10.3 Å². The topological polar surface area (TPSA) is 24.9 Å². The summed E-state index contributed by atoms with van der Waals surface area (Å²) in [5, 5.41) is 3.84. The molecule has 1 aromatic heterocycles. The van der Waals surface area contributed by atoms with E-state index in [-0.39, 0.29) is 0 Å². The zero-order chi connectivity index (χ0) is 13.5. The van der Waals surface area contributed by atoms with Gasteiger partial charge in [-0.3, -0.25) is 4.98 Å². The van der Waals surface area contributed by atoms with E-state index in [0.717, 1.165) is 18.9 Å². The van der Waals surface area contributed by atoms with Crippen molar-refractivity contribution in [2.45, 2.75) is 52.5 Å². The fourth-order valence-electron chi connectivity index (χ4n) is 4.45. The van der Waals surface area contributed by atoms with Crippen LogP contribution < -0.4 is 5.32 Å². The maximum Gasteiger partial charge on any atom is 0.0270 e. The van der Waals surface area contributed by atoms with Crippen LogP contribution in [0.25, 0.3) is 0 Å². The van der Waals surface area contributed by atoms with Gasteiger partial charge in [-0.05, 0) is 66.7 Å². The van der Waals surface area contributed by atoms with E-state index in [1.54, 1.807) is 0 Å². The molecule has 19 heavy (non-hydrogen) atoms. The zero-order valence-corrected chi connectivity index (χ0v) is 12.4. The summed E-state index contributed by atoms with van der Waals surface area (Å²) in [7, 11) is 0. The van der Waals surface area contributed by atoms with Gasteiger partial charge >= 0.3 is 0 Å². The summed E-state index contributed by atoms with van der Waals surface area (Å²) >= 11 is 0. The van der Waals surface area contributed by atoms with Crippen LogP contribution in [0.4, 0.5) is 0 Å². The van der Waals surface area contributed by atoms with E-state index in [0.29, 0.717) is 16.9 Å². The highest BCUT2D eigenvalue weighted by atomic mass is 15.0. The van der Waals surface area contributed by atoms with Gasteiger partial charge in [0.1, 0.15) is 0 Å². The number of nitrogens with one attached hydrogen (secondary N) is 1. The lowest BCUT2D eigenvalue weighted by molar-refractivity contribution is 0.121. The summed E-state index contributed by atoms with van der Waals surface area (Å²) in [6, 6.07) is 4.95. The highest BCUT2D eigenvalue weighted by Gasteiger charge is 2.60. The van der Waals surface area contributed by atoms with Crippen molar-refractivity contribution in [3.05, 3.63) is 30.1 Å². The summed E-state index contributed by atoms with van der Waals surface area (Å²) < 4.78 is 0. The molecule has 2 saturated carbocycles. The van der Waals surface area contributed by atoms with Gasteiger partial charge in [0.2, 0.25) is 0 Å². The monoisotopic (exact) mass is 258 g/mol. The molecule has 3 atom stereocenters. The molecule has 0 amide bonds. The Labute approximate surface area is 117 Å². The first-order valence-corrected chi connectivity index (χ1v) is 7.66. The van der Waals surface area contributed by atoms with Gasteiger partial charge in [0.25, 0.3) is 0 Å². The Morgan fingerprint density at radius 3 is 2.58 bits per heavy atom. The molecule has 2 aliphatic carbocycles. The smallest absolute Gasteiger partial charge is 0.0270 e. The van der Waals surface area contributed by atoms with Crippen LogP contribution in [0.5, 0.6) is 0 Å². The predicted molar refractivity (Wildman–Crippen MR) is 79.0 cm³/mol. The fourth-order valence-corrected chi connectivity index (χ4v) is 4.45. The van der Waals surface area contributed by atoms with Crippen LogP contribution in [-0.4, -0.2) is 17.6 Å². The fraction of sp³-hybridized carbons (Fsp3) is 0.706. The Hall–Kier alpha value is -0.890. The quantitative estimate of drug-likeness (QED) is 0.895. The van der Waals surface area contributed by atoms with Gasteiger partial charge in [-0.15, -0.1) is 0 Å². The van der Waals surface area contributed by atoms with Gasteiger partial charge < -0.3 is 5.32 Å². The molecule has 2 heteroatoms. The normalized spacial score (nSPS) is 35.7. The number of aromatic nitrogens is 1. The standard InChI is InChI=1S/C17H26N2/c1-16(2)14-4-8-17(16,3)15(12-14)19-11-7-13-5-9-18-10-6-13/h5-6,9-10,14-15,19H,4,7-8,11-12H2,1-3H3. The SMILES string of the molecule is CC1(C)C2CCC1(C)C(NCCc1ccncc1)C2. The van der Waals surface area contributed by atoms with Gasteiger partial charge in [-0.1, -0.05) is 20.8 Å². The minimum atomic E-state index is 0.496. The number of hydrogen-bond donors (Lipinski definition) is 1. The van der Waals surface area contributed by atoms with E-state index in [4.69, 9.17) is 0 Å². The summed E-state index contributed by atoms with van der Waals surface area (Å²) in [5.74, 6) is 0.927. The average molecular weight is 258 g/mol. The third-order valence-electron chi connectivity index (χ3n) is 6.35. The lowest BCUT2D eigenvalue weighted by atomic mass is 9.69. The van der Waals surface area contributed by atoms with E-state index in [1.807, 2.05) is 12.4 Å². The largest absolute Gasteiger partial charge is 0.313 e. The molecule has 0 radical (unpaired) electrons. The van der Waals surface area contributed by atoms with E-state index >= 15 is 0 Å². The van der Waals surface area contributed by atoms with E-state index in [1.165, 1.54) is 24.8 Å². The van der Waals surface area contributed by atoms with Crippen LogP contribution >= 0.6 is 0 Å². The van der Waals surface area contributed by atoms with Crippen molar-refractivity contribution in [3.8, 4) is 0 Å². The maximum atomic E-state index is 4.07. The molecule has 2 aliphatic rings. The van der Waals surface area contributed by atoms with Gasteiger partial charge in [0, 0.05) is 18.4 Å². The van der Waals surface area contributed by atoms with Crippen LogP contribution in [0.3, 0.4) is 0 Å². The van der Waals surface area contributed by atoms with Gasteiger partial charge in [-0.25, -0.2) is 0 Å². The molecule has 1 heterocycles. The van der Waals surface area contributed by atoms with E-state index in [9.17, 15) is 0 Å².